The van der Waals surface area contributed by atoms with Crippen molar-refractivity contribution in [1.82, 2.24) is 9.88 Å². The Bertz CT molecular complexity index is 595. The first-order chi connectivity index (χ1) is 10.3. The van der Waals surface area contributed by atoms with Crippen LogP contribution in [-0.4, -0.2) is 47.3 Å². The quantitative estimate of drug-likeness (QED) is 0.937. The van der Waals surface area contributed by atoms with Gasteiger partial charge in [-0.3, -0.25) is 9.88 Å². The molecule has 1 aliphatic heterocycles. The first kappa shape index (κ1) is 14.4. The number of para-hydroxylation sites is 1. The molecule has 1 fully saturated rings. The van der Waals surface area contributed by atoms with E-state index < -0.39 is 6.10 Å². The molecule has 0 bridgehead atoms. The summed E-state index contributed by atoms with van der Waals surface area (Å²) in [5.41, 5.74) is 1.72. The molecule has 1 N–H and O–H groups in total. The van der Waals surface area contributed by atoms with Gasteiger partial charge >= 0.3 is 0 Å². The first-order valence-electron chi connectivity index (χ1n) is 7.65. The Labute approximate surface area is 125 Å². The summed E-state index contributed by atoms with van der Waals surface area (Å²) in [6, 6.07) is 9.86. The average molecular weight is 286 g/mol. The lowest BCUT2D eigenvalue weighted by Crippen LogP contribution is -2.45. The second-order valence-electron chi connectivity index (χ2n) is 5.58. The molecule has 1 saturated heterocycles. The van der Waals surface area contributed by atoms with E-state index in [1.54, 1.807) is 6.20 Å². The maximum Gasteiger partial charge on any atom is 0.108 e. The molecular formula is C17H22N2O2. The SMILES string of the molecule is CCCN1CCOC(C(O)c2cccc3cccnc23)C1. The summed E-state index contributed by atoms with van der Waals surface area (Å²) in [5, 5.41) is 11.8. The number of morpholine rings is 1. The van der Waals surface area contributed by atoms with Gasteiger partial charge in [0.15, 0.2) is 0 Å². The van der Waals surface area contributed by atoms with Gasteiger partial charge in [-0.15, -0.1) is 0 Å². The van der Waals surface area contributed by atoms with Crippen molar-refractivity contribution < 1.29 is 9.84 Å². The van der Waals surface area contributed by atoms with E-state index in [4.69, 9.17) is 4.74 Å². The normalized spacial score (nSPS) is 21.5. The number of fused-ring (bicyclic) bond motifs is 1. The maximum atomic E-state index is 10.7. The van der Waals surface area contributed by atoms with E-state index >= 15 is 0 Å². The van der Waals surface area contributed by atoms with Gasteiger partial charge in [-0.05, 0) is 19.0 Å². The van der Waals surface area contributed by atoms with Crippen molar-refractivity contribution in [3.63, 3.8) is 0 Å². The van der Waals surface area contributed by atoms with Crippen LogP contribution in [0.4, 0.5) is 0 Å². The fourth-order valence-electron chi connectivity index (χ4n) is 3.01. The van der Waals surface area contributed by atoms with Crippen LogP contribution in [0.15, 0.2) is 36.5 Å². The molecule has 4 nitrogen and oxygen atoms in total. The third-order valence-electron chi connectivity index (χ3n) is 4.05. The van der Waals surface area contributed by atoms with Gasteiger partial charge in [0.25, 0.3) is 0 Å². The third-order valence-corrected chi connectivity index (χ3v) is 4.05. The fraction of sp³-hybridized carbons (Fsp3) is 0.471. The number of benzene rings is 1. The third kappa shape index (κ3) is 3.07. The lowest BCUT2D eigenvalue weighted by Gasteiger charge is -2.35. The Morgan fingerprint density at radius 2 is 2.24 bits per heavy atom. The molecule has 1 aromatic carbocycles. The standard InChI is InChI=1S/C17H22N2O2/c1-2-9-19-10-11-21-15(12-19)17(20)14-7-3-5-13-6-4-8-18-16(13)14/h3-8,15,17,20H,2,9-12H2,1H3. The van der Waals surface area contributed by atoms with Crippen LogP contribution < -0.4 is 0 Å². The molecule has 2 aromatic rings. The zero-order chi connectivity index (χ0) is 14.7. The first-order valence-corrected chi connectivity index (χ1v) is 7.65. The molecular weight excluding hydrogens is 264 g/mol. The second kappa shape index (κ2) is 6.52. The lowest BCUT2D eigenvalue weighted by atomic mass is 9.99. The van der Waals surface area contributed by atoms with E-state index in [-0.39, 0.29) is 6.10 Å². The molecule has 4 heteroatoms. The molecule has 2 heterocycles. The molecule has 0 amide bonds. The van der Waals surface area contributed by atoms with Crippen molar-refractivity contribution in [1.29, 1.82) is 0 Å². The molecule has 112 valence electrons. The molecule has 2 unspecified atom stereocenters. The monoisotopic (exact) mass is 286 g/mol. The summed E-state index contributed by atoms with van der Waals surface area (Å²) in [7, 11) is 0. The number of pyridine rings is 1. The van der Waals surface area contributed by atoms with Gasteiger partial charge in [-0.25, -0.2) is 0 Å². The lowest BCUT2D eigenvalue weighted by molar-refractivity contribution is -0.0894. The van der Waals surface area contributed by atoms with Crippen LogP contribution >= 0.6 is 0 Å². The van der Waals surface area contributed by atoms with E-state index in [1.807, 2.05) is 30.3 Å². The van der Waals surface area contributed by atoms with Crippen molar-refractivity contribution in [3.05, 3.63) is 42.1 Å². The summed E-state index contributed by atoms with van der Waals surface area (Å²) in [5.74, 6) is 0. The largest absolute Gasteiger partial charge is 0.386 e. The van der Waals surface area contributed by atoms with E-state index in [0.29, 0.717) is 6.61 Å². The van der Waals surface area contributed by atoms with Crippen LogP contribution in [0.2, 0.25) is 0 Å². The Balaban J connectivity index is 1.84. The molecule has 0 aliphatic carbocycles. The number of rotatable bonds is 4. The predicted molar refractivity (Wildman–Crippen MR) is 83.2 cm³/mol. The van der Waals surface area contributed by atoms with Gasteiger partial charge in [-0.1, -0.05) is 31.2 Å². The minimum Gasteiger partial charge on any atom is -0.386 e. The summed E-state index contributed by atoms with van der Waals surface area (Å²) < 4.78 is 5.80. The predicted octanol–water partition coefficient (Wildman–Crippen LogP) is 2.38. The molecule has 1 aromatic heterocycles. The van der Waals surface area contributed by atoms with E-state index in [0.717, 1.165) is 42.5 Å². The molecule has 2 atom stereocenters. The van der Waals surface area contributed by atoms with Crippen LogP contribution in [0.25, 0.3) is 10.9 Å². The summed E-state index contributed by atoms with van der Waals surface area (Å²) in [4.78, 5) is 6.78. The van der Waals surface area contributed by atoms with Crippen LogP contribution in [0.3, 0.4) is 0 Å². The average Bonchev–Trinajstić information content (AvgIpc) is 2.54. The van der Waals surface area contributed by atoms with Crippen molar-refractivity contribution in [2.24, 2.45) is 0 Å². The Kier molecular flexibility index (Phi) is 4.48. The van der Waals surface area contributed by atoms with Crippen LogP contribution in [0.5, 0.6) is 0 Å². The van der Waals surface area contributed by atoms with Crippen molar-refractivity contribution in [3.8, 4) is 0 Å². The summed E-state index contributed by atoms with van der Waals surface area (Å²) in [6.45, 7) is 5.64. The van der Waals surface area contributed by atoms with Gasteiger partial charge in [-0.2, -0.15) is 0 Å². The van der Waals surface area contributed by atoms with Gasteiger partial charge in [0.2, 0.25) is 0 Å². The number of hydrogen-bond acceptors (Lipinski definition) is 4. The summed E-state index contributed by atoms with van der Waals surface area (Å²) >= 11 is 0. The second-order valence-corrected chi connectivity index (χ2v) is 5.58. The van der Waals surface area contributed by atoms with Gasteiger partial charge in [0, 0.05) is 30.2 Å². The van der Waals surface area contributed by atoms with Gasteiger partial charge < -0.3 is 9.84 Å². The highest BCUT2D eigenvalue weighted by Crippen LogP contribution is 2.27. The number of aliphatic hydroxyl groups is 1. The number of ether oxygens (including phenoxy) is 1. The van der Waals surface area contributed by atoms with Gasteiger partial charge in [0.1, 0.15) is 12.2 Å². The zero-order valence-corrected chi connectivity index (χ0v) is 12.4. The maximum absolute atomic E-state index is 10.7. The van der Waals surface area contributed by atoms with Crippen LogP contribution in [-0.2, 0) is 4.74 Å². The number of hydrogen-bond donors (Lipinski definition) is 1. The van der Waals surface area contributed by atoms with E-state index in [1.165, 1.54) is 0 Å². The molecule has 0 saturated carbocycles. The number of aromatic nitrogens is 1. The Hall–Kier alpha value is -1.49. The Morgan fingerprint density at radius 3 is 3.10 bits per heavy atom. The number of aliphatic hydroxyl groups excluding tert-OH is 1. The molecule has 0 spiro atoms. The van der Waals surface area contributed by atoms with Crippen LogP contribution in [0, 0.1) is 0 Å². The smallest absolute Gasteiger partial charge is 0.108 e. The number of nitrogens with zero attached hydrogens (tertiary/aromatic N) is 2. The highest BCUT2D eigenvalue weighted by atomic mass is 16.5. The van der Waals surface area contributed by atoms with Crippen molar-refractivity contribution in [2.45, 2.75) is 25.6 Å². The topological polar surface area (TPSA) is 45.6 Å². The highest BCUT2D eigenvalue weighted by molar-refractivity contribution is 5.81. The Morgan fingerprint density at radius 1 is 1.38 bits per heavy atom. The molecule has 3 rings (SSSR count). The fourth-order valence-corrected chi connectivity index (χ4v) is 3.01. The molecule has 21 heavy (non-hydrogen) atoms. The summed E-state index contributed by atoms with van der Waals surface area (Å²) in [6.07, 6.45) is 2.07. The van der Waals surface area contributed by atoms with Crippen molar-refractivity contribution in [2.75, 3.05) is 26.2 Å². The van der Waals surface area contributed by atoms with Crippen LogP contribution in [0.1, 0.15) is 25.0 Å². The molecule has 1 aliphatic rings. The highest BCUT2D eigenvalue weighted by Gasteiger charge is 2.28. The molecule has 0 radical (unpaired) electrons. The van der Waals surface area contributed by atoms with E-state index in [9.17, 15) is 5.11 Å². The van der Waals surface area contributed by atoms with Gasteiger partial charge in [0.05, 0.1) is 12.1 Å². The zero-order valence-electron chi connectivity index (χ0n) is 12.4. The van der Waals surface area contributed by atoms with E-state index in [2.05, 4.69) is 16.8 Å². The minimum atomic E-state index is -0.636. The van der Waals surface area contributed by atoms with Crippen molar-refractivity contribution >= 4 is 10.9 Å². The minimum absolute atomic E-state index is 0.182.